The summed E-state index contributed by atoms with van der Waals surface area (Å²) in [5.74, 6) is 0. The molecule has 0 amide bonds. The molecule has 0 aromatic carbocycles. The van der Waals surface area contributed by atoms with Crippen molar-refractivity contribution in [2.45, 2.75) is 32.4 Å². The van der Waals surface area contributed by atoms with Gasteiger partial charge in [-0.1, -0.05) is 0 Å². The Labute approximate surface area is 89.3 Å². The lowest BCUT2D eigenvalue weighted by atomic mass is 10.1. The summed E-state index contributed by atoms with van der Waals surface area (Å²) < 4.78 is 5.32. The molecule has 1 aliphatic heterocycles. The predicted molar refractivity (Wildman–Crippen MR) is 59.7 cm³/mol. The zero-order valence-corrected chi connectivity index (χ0v) is 9.40. The molecule has 0 spiro atoms. The van der Waals surface area contributed by atoms with E-state index in [1.54, 1.807) is 0 Å². The van der Waals surface area contributed by atoms with E-state index < -0.39 is 0 Å². The number of aryl methyl sites for hydroxylation is 1. The minimum absolute atomic E-state index is 0.658. The molecule has 2 heterocycles. The smallest absolute Gasteiger partial charge is 0.0480 e. The van der Waals surface area contributed by atoms with Gasteiger partial charge in [-0.3, -0.25) is 0 Å². The van der Waals surface area contributed by atoms with Crippen molar-refractivity contribution in [1.29, 1.82) is 0 Å². The average Bonchev–Trinajstić information content (AvgIpc) is 2.63. The maximum atomic E-state index is 5.32. The summed E-state index contributed by atoms with van der Waals surface area (Å²) in [6.07, 6.45) is 2.31. The number of hydrogen-bond donors (Lipinski definition) is 1. The Morgan fingerprint density at radius 1 is 1.43 bits per heavy atom. The maximum Gasteiger partial charge on any atom is 0.0480 e. The summed E-state index contributed by atoms with van der Waals surface area (Å²) in [5.41, 5.74) is 0. The van der Waals surface area contributed by atoms with E-state index in [0.717, 1.165) is 32.6 Å². The van der Waals surface area contributed by atoms with E-state index in [-0.39, 0.29) is 0 Å². The van der Waals surface area contributed by atoms with Crippen molar-refractivity contribution >= 4 is 11.3 Å². The van der Waals surface area contributed by atoms with Crippen LogP contribution in [0.1, 0.15) is 22.6 Å². The molecular weight excluding hydrogens is 194 g/mol. The van der Waals surface area contributed by atoms with Crippen LogP contribution in [0.5, 0.6) is 0 Å². The second-order valence-corrected chi connectivity index (χ2v) is 5.15. The second kappa shape index (κ2) is 4.91. The molecule has 0 aliphatic carbocycles. The third-order valence-electron chi connectivity index (χ3n) is 2.58. The van der Waals surface area contributed by atoms with Crippen LogP contribution in [0.2, 0.25) is 0 Å². The molecule has 1 N–H and O–H groups in total. The fourth-order valence-corrected chi connectivity index (χ4v) is 2.57. The van der Waals surface area contributed by atoms with Crippen molar-refractivity contribution in [2.75, 3.05) is 13.2 Å². The zero-order chi connectivity index (χ0) is 9.80. The summed E-state index contributed by atoms with van der Waals surface area (Å²) in [6.45, 7) is 5.01. The van der Waals surface area contributed by atoms with Crippen molar-refractivity contribution in [3.05, 3.63) is 21.9 Å². The third-order valence-corrected chi connectivity index (χ3v) is 3.58. The lowest BCUT2D eigenvalue weighted by Gasteiger charge is -2.22. The monoisotopic (exact) mass is 211 g/mol. The van der Waals surface area contributed by atoms with Gasteiger partial charge < -0.3 is 10.1 Å². The second-order valence-electron chi connectivity index (χ2n) is 3.78. The van der Waals surface area contributed by atoms with Crippen LogP contribution >= 0.6 is 11.3 Å². The Bertz CT molecular complexity index is 279. The van der Waals surface area contributed by atoms with E-state index in [1.807, 2.05) is 11.3 Å². The molecule has 0 radical (unpaired) electrons. The summed E-state index contributed by atoms with van der Waals surface area (Å²) in [5, 5.41) is 3.58. The van der Waals surface area contributed by atoms with E-state index in [2.05, 4.69) is 24.4 Å². The first-order valence-corrected chi connectivity index (χ1v) is 6.03. The Morgan fingerprint density at radius 2 is 2.21 bits per heavy atom. The molecule has 1 fully saturated rings. The maximum absolute atomic E-state index is 5.32. The molecular formula is C11H17NOS. The fourth-order valence-electron chi connectivity index (χ4n) is 1.73. The molecule has 78 valence electrons. The van der Waals surface area contributed by atoms with Crippen molar-refractivity contribution in [3.8, 4) is 0 Å². The first-order valence-electron chi connectivity index (χ1n) is 5.21. The van der Waals surface area contributed by atoms with Gasteiger partial charge >= 0.3 is 0 Å². The Morgan fingerprint density at radius 3 is 2.86 bits per heavy atom. The topological polar surface area (TPSA) is 21.3 Å². The molecule has 2 rings (SSSR count). The largest absolute Gasteiger partial charge is 0.381 e. The van der Waals surface area contributed by atoms with E-state index >= 15 is 0 Å². The van der Waals surface area contributed by atoms with Gasteiger partial charge in [-0.25, -0.2) is 0 Å². The highest BCUT2D eigenvalue weighted by Gasteiger charge is 2.12. The quantitative estimate of drug-likeness (QED) is 0.828. The summed E-state index contributed by atoms with van der Waals surface area (Å²) in [4.78, 5) is 2.84. The molecule has 0 unspecified atom stereocenters. The number of hydrogen-bond acceptors (Lipinski definition) is 3. The summed E-state index contributed by atoms with van der Waals surface area (Å²) in [6, 6.07) is 5.06. The lowest BCUT2D eigenvalue weighted by Crippen LogP contribution is -2.34. The van der Waals surface area contributed by atoms with Gasteiger partial charge in [-0.2, -0.15) is 0 Å². The van der Waals surface area contributed by atoms with Crippen LogP contribution in [0.4, 0.5) is 0 Å². The minimum atomic E-state index is 0.658. The number of ether oxygens (including phenoxy) is 1. The highest BCUT2D eigenvalue weighted by Crippen LogP contribution is 2.15. The first kappa shape index (κ1) is 10.1. The van der Waals surface area contributed by atoms with E-state index in [9.17, 15) is 0 Å². The van der Waals surface area contributed by atoms with Crippen LogP contribution in [0.25, 0.3) is 0 Å². The molecule has 0 atom stereocenters. The van der Waals surface area contributed by atoms with Crippen LogP contribution in [-0.2, 0) is 11.3 Å². The molecule has 3 heteroatoms. The van der Waals surface area contributed by atoms with Gasteiger partial charge in [0.2, 0.25) is 0 Å². The van der Waals surface area contributed by atoms with Gasteiger partial charge in [-0.05, 0) is 31.9 Å². The van der Waals surface area contributed by atoms with E-state index in [4.69, 9.17) is 4.74 Å². The fraction of sp³-hybridized carbons (Fsp3) is 0.636. The predicted octanol–water partition coefficient (Wildman–Crippen LogP) is 2.33. The lowest BCUT2D eigenvalue weighted by molar-refractivity contribution is 0.0777. The standard InChI is InChI=1S/C11H17NOS/c1-9-2-3-11(14-9)8-12-10-4-6-13-7-5-10/h2-3,10,12H,4-8H2,1H3. The SMILES string of the molecule is Cc1ccc(CNC2CCOCC2)s1. The van der Waals surface area contributed by atoms with Gasteiger partial charge in [0, 0.05) is 35.6 Å². The van der Waals surface area contributed by atoms with Crippen LogP contribution in [0.3, 0.4) is 0 Å². The van der Waals surface area contributed by atoms with Crippen molar-refractivity contribution in [1.82, 2.24) is 5.32 Å². The molecule has 2 nitrogen and oxygen atoms in total. The Hall–Kier alpha value is -0.380. The highest BCUT2D eigenvalue weighted by molar-refractivity contribution is 7.11. The van der Waals surface area contributed by atoms with Gasteiger partial charge in [0.05, 0.1) is 0 Å². The molecule has 0 bridgehead atoms. The summed E-state index contributed by atoms with van der Waals surface area (Å²) >= 11 is 1.88. The first-order chi connectivity index (χ1) is 6.84. The number of thiophene rings is 1. The van der Waals surface area contributed by atoms with Crippen LogP contribution in [-0.4, -0.2) is 19.3 Å². The van der Waals surface area contributed by atoms with Crippen LogP contribution in [0, 0.1) is 6.92 Å². The van der Waals surface area contributed by atoms with E-state index in [0.29, 0.717) is 6.04 Å². The molecule has 1 aromatic rings. The molecule has 14 heavy (non-hydrogen) atoms. The molecule has 1 saturated heterocycles. The Kier molecular flexibility index (Phi) is 3.56. The van der Waals surface area contributed by atoms with Crippen molar-refractivity contribution in [2.24, 2.45) is 0 Å². The number of nitrogens with one attached hydrogen (secondary N) is 1. The minimum Gasteiger partial charge on any atom is -0.381 e. The molecule has 1 aromatic heterocycles. The molecule has 0 saturated carbocycles. The highest BCUT2D eigenvalue weighted by atomic mass is 32.1. The number of rotatable bonds is 3. The average molecular weight is 211 g/mol. The van der Waals surface area contributed by atoms with Crippen LogP contribution in [0.15, 0.2) is 12.1 Å². The van der Waals surface area contributed by atoms with E-state index in [1.165, 1.54) is 9.75 Å². The molecule has 1 aliphatic rings. The van der Waals surface area contributed by atoms with Gasteiger partial charge in [-0.15, -0.1) is 11.3 Å². The van der Waals surface area contributed by atoms with Crippen molar-refractivity contribution in [3.63, 3.8) is 0 Å². The van der Waals surface area contributed by atoms with Gasteiger partial charge in [0.1, 0.15) is 0 Å². The normalized spacial score (nSPS) is 18.6. The summed E-state index contributed by atoms with van der Waals surface area (Å²) in [7, 11) is 0. The third kappa shape index (κ3) is 2.80. The zero-order valence-electron chi connectivity index (χ0n) is 8.58. The van der Waals surface area contributed by atoms with Gasteiger partial charge in [0.15, 0.2) is 0 Å². The van der Waals surface area contributed by atoms with Crippen molar-refractivity contribution < 1.29 is 4.74 Å². The Balaban J connectivity index is 1.76. The van der Waals surface area contributed by atoms with Gasteiger partial charge in [0.25, 0.3) is 0 Å². The van der Waals surface area contributed by atoms with Crippen LogP contribution < -0.4 is 5.32 Å².